The molecule has 0 amide bonds. The average Bonchev–Trinajstić information content (AvgIpc) is 3.28. The van der Waals surface area contributed by atoms with Crippen LogP contribution in [-0.4, -0.2) is 31.2 Å². The van der Waals surface area contributed by atoms with Crippen molar-refractivity contribution in [2.75, 3.05) is 4.90 Å². The number of phenols is 3. The number of benzene rings is 2. The highest BCUT2D eigenvalue weighted by Gasteiger charge is 2.31. The molecule has 1 aromatic heterocycles. The van der Waals surface area contributed by atoms with Crippen LogP contribution in [0.15, 0.2) is 41.6 Å². The lowest BCUT2D eigenvalue weighted by molar-refractivity contribution is 0.445. The highest BCUT2D eigenvalue weighted by Crippen LogP contribution is 2.39. The molecule has 1 atom stereocenters. The van der Waals surface area contributed by atoms with Crippen LogP contribution in [0.2, 0.25) is 0 Å². The molecular weight excluding hydrogens is 388 g/mol. The number of hydrogen-bond acceptors (Lipinski definition) is 7. The molecule has 8 heteroatoms. The molecule has 0 bridgehead atoms. The molecule has 0 saturated carbocycles. The smallest absolute Gasteiger partial charge is 0.166 e. The third-order valence-corrected chi connectivity index (χ3v) is 5.57. The second-order valence-electron chi connectivity index (χ2n) is 7.34. The summed E-state index contributed by atoms with van der Waals surface area (Å²) in [6.45, 7) is 6.04. The lowest BCUT2D eigenvalue weighted by Gasteiger charge is -2.26. The Bertz CT molecular complexity index is 1120. The number of nitrogens with one attached hydrogen (secondary N) is 1. The number of aromatic nitrogens is 1. The molecule has 3 aromatic rings. The third kappa shape index (κ3) is 3.04. The Balaban J connectivity index is 1.89. The van der Waals surface area contributed by atoms with E-state index in [4.69, 9.17) is 0 Å². The normalized spacial score (nSPS) is 16.5. The van der Waals surface area contributed by atoms with Gasteiger partial charge in [0, 0.05) is 23.7 Å². The molecule has 0 fully saturated rings. The molecule has 29 heavy (non-hydrogen) atoms. The standard InChI is InChI=1S/C21H24N4O3S/c1-4-12-9-14(18(28)10-17(12)27)20-22-23-21(29)25(20)15-5-6-16(26)19-13(15)7-8-24(19)11(2)3/h5-11,21,23,26-29H,4H2,1-3H3. The van der Waals surface area contributed by atoms with E-state index < -0.39 is 5.50 Å². The van der Waals surface area contributed by atoms with E-state index in [1.807, 2.05) is 34.7 Å². The van der Waals surface area contributed by atoms with Crippen LogP contribution >= 0.6 is 12.6 Å². The monoisotopic (exact) mass is 412 g/mol. The molecule has 2 heterocycles. The maximum Gasteiger partial charge on any atom is 0.166 e. The summed E-state index contributed by atoms with van der Waals surface area (Å²) < 4.78 is 2.01. The zero-order chi connectivity index (χ0) is 20.9. The van der Waals surface area contributed by atoms with Crippen LogP contribution in [0.25, 0.3) is 10.9 Å². The first-order chi connectivity index (χ1) is 13.8. The van der Waals surface area contributed by atoms with Crippen LogP contribution in [-0.2, 0) is 6.42 Å². The SMILES string of the molecule is CCc1cc(C2=NNC(S)N2c2ccc(O)c3c2ccn3C(C)C)c(O)cc1O. The maximum absolute atomic E-state index is 10.5. The molecule has 0 spiro atoms. The number of nitrogens with zero attached hydrogens (tertiary/aromatic N) is 3. The molecule has 4 rings (SSSR count). The van der Waals surface area contributed by atoms with Gasteiger partial charge in [-0.25, -0.2) is 0 Å². The predicted octanol–water partition coefficient (Wildman–Crippen LogP) is 3.89. The van der Waals surface area contributed by atoms with E-state index in [-0.39, 0.29) is 23.3 Å². The average molecular weight is 413 g/mol. The zero-order valence-electron chi connectivity index (χ0n) is 16.5. The van der Waals surface area contributed by atoms with Crippen LogP contribution in [0, 0.1) is 0 Å². The van der Waals surface area contributed by atoms with Gasteiger partial charge in [-0.1, -0.05) is 6.92 Å². The minimum Gasteiger partial charge on any atom is -0.508 e. The quantitative estimate of drug-likeness (QED) is 0.419. The fourth-order valence-electron chi connectivity index (χ4n) is 3.76. The van der Waals surface area contributed by atoms with E-state index in [1.165, 1.54) is 6.07 Å². The first kappa shape index (κ1) is 19.3. The minimum atomic E-state index is -0.460. The van der Waals surface area contributed by atoms with Crippen LogP contribution in [0.4, 0.5) is 5.69 Å². The van der Waals surface area contributed by atoms with Gasteiger partial charge in [0.15, 0.2) is 11.3 Å². The Morgan fingerprint density at radius 1 is 1.10 bits per heavy atom. The number of anilines is 1. The zero-order valence-corrected chi connectivity index (χ0v) is 17.4. The molecule has 2 aromatic carbocycles. The number of aromatic hydroxyl groups is 3. The van der Waals surface area contributed by atoms with E-state index in [1.54, 1.807) is 12.1 Å². The van der Waals surface area contributed by atoms with Crippen LogP contribution in [0.1, 0.15) is 37.9 Å². The minimum absolute atomic E-state index is 0.0512. The first-order valence-corrected chi connectivity index (χ1v) is 10.0. The van der Waals surface area contributed by atoms with E-state index in [2.05, 4.69) is 37.0 Å². The van der Waals surface area contributed by atoms with Crippen molar-refractivity contribution < 1.29 is 15.3 Å². The number of hydrazone groups is 1. The van der Waals surface area contributed by atoms with Crippen molar-refractivity contribution in [2.45, 2.75) is 38.7 Å². The van der Waals surface area contributed by atoms with Gasteiger partial charge in [0.05, 0.1) is 16.8 Å². The molecule has 0 aliphatic carbocycles. The summed E-state index contributed by atoms with van der Waals surface area (Å²) in [5.41, 5.74) is 5.21. The van der Waals surface area contributed by atoms with Gasteiger partial charge in [0.1, 0.15) is 17.2 Å². The first-order valence-electron chi connectivity index (χ1n) is 9.51. The number of fused-ring (bicyclic) bond motifs is 1. The largest absolute Gasteiger partial charge is 0.508 e. The van der Waals surface area contributed by atoms with Gasteiger partial charge in [0.2, 0.25) is 0 Å². The summed E-state index contributed by atoms with van der Waals surface area (Å²) >= 11 is 4.61. The highest BCUT2D eigenvalue weighted by molar-refractivity contribution is 7.81. The summed E-state index contributed by atoms with van der Waals surface area (Å²) in [6.07, 6.45) is 2.56. The Morgan fingerprint density at radius 2 is 1.86 bits per heavy atom. The van der Waals surface area contributed by atoms with Crippen LogP contribution in [0.3, 0.4) is 0 Å². The van der Waals surface area contributed by atoms with Crippen molar-refractivity contribution in [2.24, 2.45) is 5.10 Å². The van der Waals surface area contributed by atoms with Gasteiger partial charge >= 0.3 is 0 Å². The van der Waals surface area contributed by atoms with Crippen molar-refractivity contribution in [1.82, 2.24) is 9.99 Å². The summed E-state index contributed by atoms with van der Waals surface area (Å²) in [7, 11) is 0. The lowest BCUT2D eigenvalue weighted by Crippen LogP contribution is -2.36. The Morgan fingerprint density at radius 3 is 2.55 bits per heavy atom. The highest BCUT2D eigenvalue weighted by atomic mass is 32.1. The number of aryl methyl sites for hydroxylation is 1. The summed E-state index contributed by atoms with van der Waals surface area (Å²) in [6, 6.07) is 8.67. The molecular formula is C21H24N4O3S. The van der Waals surface area contributed by atoms with Crippen molar-refractivity contribution in [3.63, 3.8) is 0 Å². The van der Waals surface area contributed by atoms with Crippen LogP contribution in [0.5, 0.6) is 17.2 Å². The fraction of sp³-hybridized carbons (Fsp3) is 0.286. The van der Waals surface area contributed by atoms with E-state index in [0.717, 1.165) is 16.6 Å². The predicted molar refractivity (Wildman–Crippen MR) is 118 cm³/mol. The number of amidine groups is 1. The molecule has 0 radical (unpaired) electrons. The Hall–Kier alpha value is -3.00. The molecule has 4 N–H and O–H groups in total. The van der Waals surface area contributed by atoms with Crippen molar-refractivity contribution >= 4 is 35.1 Å². The maximum atomic E-state index is 10.5. The molecule has 1 aliphatic heterocycles. The van der Waals surface area contributed by atoms with Crippen molar-refractivity contribution in [1.29, 1.82) is 0 Å². The molecule has 7 nitrogen and oxygen atoms in total. The second kappa shape index (κ2) is 7.11. The number of hydrogen-bond donors (Lipinski definition) is 5. The van der Waals surface area contributed by atoms with Gasteiger partial charge in [0.25, 0.3) is 0 Å². The number of rotatable bonds is 4. The van der Waals surface area contributed by atoms with Gasteiger partial charge in [-0.2, -0.15) is 5.10 Å². The summed E-state index contributed by atoms with van der Waals surface area (Å²) in [5, 5.41) is 36.3. The fourth-order valence-corrected chi connectivity index (χ4v) is 4.05. The third-order valence-electron chi connectivity index (χ3n) is 5.23. The van der Waals surface area contributed by atoms with Gasteiger partial charge in [-0.05, 0) is 50.1 Å². The van der Waals surface area contributed by atoms with E-state index >= 15 is 0 Å². The van der Waals surface area contributed by atoms with Crippen molar-refractivity contribution in [3.05, 3.63) is 47.7 Å². The van der Waals surface area contributed by atoms with E-state index in [9.17, 15) is 15.3 Å². The molecule has 1 aliphatic rings. The van der Waals surface area contributed by atoms with Crippen LogP contribution < -0.4 is 10.3 Å². The summed E-state index contributed by atoms with van der Waals surface area (Å²) in [4.78, 5) is 1.86. The Kier molecular flexibility index (Phi) is 4.74. The molecule has 152 valence electrons. The van der Waals surface area contributed by atoms with Gasteiger partial charge in [-0.3, -0.25) is 10.3 Å². The number of thiol groups is 1. The van der Waals surface area contributed by atoms with Crippen molar-refractivity contribution in [3.8, 4) is 17.2 Å². The molecule has 1 unspecified atom stereocenters. The van der Waals surface area contributed by atoms with Gasteiger partial charge in [-0.15, -0.1) is 12.6 Å². The topological polar surface area (TPSA) is 93.2 Å². The molecule has 0 saturated heterocycles. The van der Waals surface area contributed by atoms with Gasteiger partial charge < -0.3 is 19.9 Å². The second-order valence-corrected chi connectivity index (χ2v) is 7.83. The van der Waals surface area contributed by atoms with E-state index in [0.29, 0.717) is 23.4 Å². The lowest BCUT2D eigenvalue weighted by atomic mass is 10.0. The summed E-state index contributed by atoms with van der Waals surface area (Å²) in [5.74, 6) is 0.670. The Labute approximate surface area is 174 Å². The number of phenolic OH excluding ortho intramolecular Hbond substituents is 3.